The van der Waals surface area contributed by atoms with E-state index in [1.165, 1.54) is 33.2 Å². The minimum atomic E-state index is 0.137. The second-order valence-corrected chi connectivity index (χ2v) is 9.60. The van der Waals surface area contributed by atoms with Crippen molar-refractivity contribution in [1.82, 2.24) is 14.9 Å². The Morgan fingerprint density at radius 1 is 0.968 bits per heavy atom. The van der Waals surface area contributed by atoms with E-state index in [1.54, 1.807) is 0 Å². The fourth-order valence-electron chi connectivity index (χ4n) is 4.99. The number of rotatable bonds is 3. The number of aromatic nitrogens is 2. The molecule has 0 saturated heterocycles. The third-order valence-corrected chi connectivity index (χ3v) is 7.12. The van der Waals surface area contributed by atoms with Gasteiger partial charge in [0.15, 0.2) is 0 Å². The Balaban J connectivity index is 1.55. The van der Waals surface area contributed by atoms with Crippen LogP contribution < -0.4 is 0 Å². The standard InChI is InChI=1S/C26H21BrClN3/c27-17-6-8-23-20(12-17)22(14-29-23)26-25-19(21-13-18(28)7-9-24(21)30-25)10-11-31(26)15-16-4-2-1-3-5-16/h1-9,12-14,26,29-30H,10-11,15H2. The lowest BCUT2D eigenvalue weighted by atomic mass is 9.91. The quantitative estimate of drug-likeness (QED) is 0.275. The Hall–Kier alpha value is -2.53. The van der Waals surface area contributed by atoms with Gasteiger partial charge in [-0.1, -0.05) is 57.9 Å². The first kappa shape index (κ1) is 19.2. The number of fused-ring (bicyclic) bond motifs is 4. The highest BCUT2D eigenvalue weighted by Crippen LogP contribution is 2.42. The van der Waals surface area contributed by atoms with E-state index in [9.17, 15) is 0 Å². The number of hydrogen-bond donors (Lipinski definition) is 2. The van der Waals surface area contributed by atoms with Gasteiger partial charge >= 0.3 is 0 Å². The van der Waals surface area contributed by atoms with E-state index in [0.29, 0.717) is 0 Å². The molecule has 0 saturated carbocycles. The van der Waals surface area contributed by atoms with Crippen molar-refractivity contribution in [2.24, 2.45) is 0 Å². The molecule has 1 unspecified atom stereocenters. The Morgan fingerprint density at radius 2 is 1.81 bits per heavy atom. The summed E-state index contributed by atoms with van der Waals surface area (Å²) in [5, 5.41) is 3.28. The van der Waals surface area contributed by atoms with Gasteiger partial charge in [-0.15, -0.1) is 0 Å². The van der Waals surface area contributed by atoms with Gasteiger partial charge in [0.25, 0.3) is 0 Å². The van der Waals surface area contributed by atoms with Crippen molar-refractivity contribution in [2.75, 3.05) is 6.54 Å². The summed E-state index contributed by atoms with van der Waals surface area (Å²) in [5.41, 5.74) is 7.60. The van der Waals surface area contributed by atoms with Crippen LogP contribution in [0.25, 0.3) is 21.8 Å². The summed E-state index contributed by atoms with van der Waals surface area (Å²) in [4.78, 5) is 9.82. The molecule has 0 radical (unpaired) electrons. The summed E-state index contributed by atoms with van der Waals surface area (Å²) in [6.07, 6.45) is 3.18. The van der Waals surface area contributed by atoms with Crippen molar-refractivity contribution in [3.8, 4) is 0 Å². The molecule has 0 fully saturated rings. The molecule has 0 bridgehead atoms. The Labute approximate surface area is 194 Å². The maximum Gasteiger partial charge on any atom is 0.0781 e. The zero-order chi connectivity index (χ0) is 20.9. The van der Waals surface area contributed by atoms with E-state index in [4.69, 9.17) is 11.6 Å². The minimum absolute atomic E-state index is 0.137. The third-order valence-electron chi connectivity index (χ3n) is 6.39. The average molecular weight is 491 g/mol. The van der Waals surface area contributed by atoms with Gasteiger partial charge in [-0.05, 0) is 53.9 Å². The largest absolute Gasteiger partial charge is 0.361 e. The summed E-state index contributed by atoms with van der Waals surface area (Å²) in [6, 6.07) is 23.5. The lowest BCUT2D eigenvalue weighted by molar-refractivity contribution is 0.203. The maximum absolute atomic E-state index is 6.35. The normalized spacial score (nSPS) is 16.8. The Bertz CT molecular complexity index is 1400. The van der Waals surface area contributed by atoms with Gasteiger partial charge in [0, 0.05) is 61.8 Å². The highest BCUT2D eigenvalue weighted by molar-refractivity contribution is 9.10. The fraction of sp³-hybridized carbons (Fsp3) is 0.154. The highest BCUT2D eigenvalue weighted by Gasteiger charge is 2.33. The number of nitrogens with one attached hydrogen (secondary N) is 2. The number of aromatic amines is 2. The van der Waals surface area contributed by atoms with E-state index < -0.39 is 0 Å². The van der Waals surface area contributed by atoms with Gasteiger partial charge in [0.05, 0.1) is 6.04 Å². The van der Waals surface area contributed by atoms with Crippen molar-refractivity contribution in [1.29, 1.82) is 0 Å². The second kappa shape index (κ2) is 7.56. The molecule has 3 aromatic carbocycles. The topological polar surface area (TPSA) is 34.8 Å². The molecule has 154 valence electrons. The van der Waals surface area contributed by atoms with Crippen LogP contribution in [0.2, 0.25) is 5.02 Å². The molecular formula is C26H21BrClN3. The first-order valence-electron chi connectivity index (χ1n) is 10.5. The van der Waals surface area contributed by atoms with Crippen molar-refractivity contribution in [3.63, 3.8) is 0 Å². The summed E-state index contributed by atoms with van der Waals surface area (Å²) < 4.78 is 1.09. The number of H-pyrrole nitrogens is 2. The predicted octanol–water partition coefficient (Wildman–Crippen LogP) is 7.21. The minimum Gasteiger partial charge on any atom is -0.361 e. The van der Waals surface area contributed by atoms with E-state index in [2.05, 4.69) is 97.7 Å². The molecule has 0 aliphatic carbocycles. The molecule has 5 heteroatoms. The van der Waals surface area contributed by atoms with Crippen LogP contribution in [-0.2, 0) is 13.0 Å². The third kappa shape index (κ3) is 3.30. The molecule has 6 rings (SSSR count). The van der Waals surface area contributed by atoms with Crippen molar-refractivity contribution < 1.29 is 0 Å². The van der Waals surface area contributed by atoms with Gasteiger partial charge in [0.1, 0.15) is 0 Å². The molecule has 0 spiro atoms. The molecule has 3 heterocycles. The summed E-state index contributed by atoms with van der Waals surface area (Å²) in [5.74, 6) is 0. The Morgan fingerprint density at radius 3 is 2.68 bits per heavy atom. The van der Waals surface area contributed by atoms with Gasteiger partial charge in [-0.3, -0.25) is 4.90 Å². The van der Waals surface area contributed by atoms with Crippen LogP contribution in [0.5, 0.6) is 0 Å². The number of halogens is 2. The molecule has 0 amide bonds. The molecule has 1 aliphatic rings. The lowest BCUT2D eigenvalue weighted by Gasteiger charge is -2.36. The van der Waals surface area contributed by atoms with Gasteiger partial charge in [0.2, 0.25) is 0 Å². The van der Waals surface area contributed by atoms with E-state index >= 15 is 0 Å². The van der Waals surface area contributed by atoms with Gasteiger partial charge in [-0.2, -0.15) is 0 Å². The molecular weight excluding hydrogens is 470 g/mol. The second-order valence-electron chi connectivity index (χ2n) is 8.25. The van der Waals surface area contributed by atoms with Gasteiger partial charge < -0.3 is 9.97 Å². The molecule has 2 aromatic heterocycles. The SMILES string of the molecule is Clc1ccc2[nH]c3c(c2c1)CCN(Cc1ccccc1)C3c1c[nH]c2ccc(Br)cc12. The zero-order valence-electron chi connectivity index (χ0n) is 16.8. The van der Waals surface area contributed by atoms with Crippen LogP contribution in [0, 0.1) is 0 Å². The molecule has 1 aliphatic heterocycles. The van der Waals surface area contributed by atoms with Crippen molar-refractivity contribution in [2.45, 2.75) is 19.0 Å². The lowest BCUT2D eigenvalue weighted by Crippen LogP contribution is -2.35. The smallest absolute Gasteiger partial charge is 0.0781 e. The number of nitrogens with zero attached hydrogens (tertiary/aromatic N) is 1. The Kier molecular flexibility index (Phi) is 4.67. The summed E-state index contributed by atoms with van der Waals surface area (Å²) in [7, 11) is 0. The van der Waals surface area contributed by atoms with Crippen LogP contribution in [0.15, 0.2) is 77.4 Å². The van der Waals surface area contributed by atoms with Crippen molar-refractivity contribution >= 4 is 49.3 Å². The first-order chi connectivity index (χ1) is 15.2. The predicted molar refractivity (Wildman–Crippen MR) is 132 cm³/mol. The highest BCUT2D eigenvalue weighted by atomic mass is 79.9. The van der Waals surface area contributed by atoms with E-state index in [1.807, 2.05) is 6.07 Å². The zero-order valence-corrected chi connectivity index (χ0v) is 19.2. The van der Waals surface area contributed by atoms with E-state index in [0.717, 1.165) is 40.0 Å². The van der Waals surface area contributed by atoms with Crippen LogP contribution in [0.1, 0.15) is 28.4 Å². The van der Waals surface area contributed by atoms with Gasteiger partial charge in [-0.25, -0.2) is 0 Å². The summed E-state index contributed by atoms with van der Waals surface area (Å²) in [6.45, 7) is 1.90. The molecule has 5 aromatic rings. The van der Waals surface area contributed by atoms with Crippen LogP contribution in [-0.4, -0.2) is 21.4 Å². The maximum atomic E-state index is 6.35. The van der Waals surface area contributed by atoms with Crippen LogP contribution >= 0.6 is 27.5 Å². The van der Waals surface area contributed by atoms with Crippen LogP contribution in [0.4, 0.5) is 0 Å². The molecule has 2 N–H and O–H groups in total. The number of benzene rings is 3. The molecule has 31 heavy (non-hydrogen) atoms. The molecule has 1 atom stereocenters. The monoisotopic (exact) mass is 489 g/mol. The van der Waals surface area contributed by atoms with Crippen LogP contribution in [0.3, 0.4) is 0 Å². The van der Waals surface area contributed by atoms with Crippen molar-refractivity contribution in [3.05, 3.63) is 105 Å². The van der Waals surface area contributed by atoms with E-state index in [-0.39, 0.29) is 6.04 Å². The first-order valence-corrected chi connectivity index (χ1v) is 11.7. The average Bonchev–Trinajstić information content (AvgIpc) is 3.35. The molecule has 3 nitrogen and oxygen atoms in total. The summed E-state index contributed by atoms with van der Waals surface area (Å²) >= 11 is 10.0. The fourth-order valence-corrected chi connectivity index (χ4v) is 5.52. The number of hydrogen-bond acceptors (Lipinski definition) is 1.